The largest absolute Gasteiger partial charge is 0.476 e. The van der Waals surface area contributed by atoms with Crippen LogP contribution in [-0.2, 0) is 11.2 Å². The van der Waals surface area contributed by atoms with Gasteiger partial charge in [-0.2, -0.15) is 10.3 Å². The van der Waals surface area contributed by atoms with Crippen molar-refractivity contribution in [2.24, 2.45) is 0 Å². The molecule has 24 heavy (non-hydrogen) atoms. The van der Waals surface area contributed by atoms with Gasteiger partial charge >= 0.3 is 5.97 Å². The van der Waals surface area contributed by atoms with Gasteiger partial charge in [0.25, 0.3) is 0 Å². The molecule has 2 aromatic rings. The molecular weight excluding hydrogens is 332 g/mol. The zero-order valence-electron chi connectivity index (χ0n) is 12.9. The van der Waals surface area contributed by atoms with Crippen LogP contribution in [0, 0.1) is 0 Å². The lowest BCUT2D eigenvalue weighted by atomic mass is 10.1. The zero-order chi connectivity index (χ0) is 17.1. The molecule has 0 spiro atoms. The smallest absolute Gasteiger partial charge is 0.358 e. The van der Waals surface area contributed by atoms with Gasteiger partial charge < -0.3 is 10.0 Å². The minimum absolute atomic E-state index is 0.00760. The molecule has 0 saturated carbocycles. The molecule has 1 aromatic carbocycles. The average Bonchev–Trinajstić information content (AvgIpc) is 3.22. The van der Waals surface area contributed by atoms with Crippen LogP contribution in [0.25, 0.3) is 0 Å². The van der Waals surface area contributed by atoms with Gasteiger partial charge in [-0.05, 0) is 37.0 Å². The van der Waals surface area contributed by atoms with Crippen molar-refractivity contribution in [3.05, 3.63) is 46.2 Å². The first-order valence-corrected chi connectivity index (χ1v) is 8.12. The van der Waals surface area contributed by atoms with Gasteiger partial charge in [0, 0.05) is 18.0 Å². The van der Waals surface area contributed by atoms with Gasteiger partial charge in [0.2, 0.25) is 5.91 Å². The highest BCUT2D eigenvalue weighted by Crippen LogP contribution is 2.32. The predicted octanol–water partition coefficient (Wildman–Crippen LogP) is 2.45. The second kappa shape index (κ2) is 7.00. The minimum atomic E-state index is -1.14. The summed E-state index contributed by atoms with van der Waals surface area (Å²) in [6.45, 7) is 0.607. The van der Waals surface area contributed by atoms with E-state index in [4.69, 9.17) is 11.6 Å². The molecule has 3 rings (SSSR count). The van der Waals surface area contributed by atoms with E-state index in [-0.39, 0.29) is 17.6 Å². The molecular formula is C16H17ClN4O3. The highest BCUT2D eigenvalue weighted by atomic mass is 35.5. The average molecular weight is 349 g/mol. The minimum Gasteiger partial charge on any atom is -0.476 e. The van der Waals surface area contributed by atoms with Gasteiger partial charge in [-0.1, -0.05) is 23.7 Å². The Labute approximate surface area is 143 Å². The first kappa shape index (κ1) is 16.4. The van der Waals surface area contributed by atoms with E-state index in [9.17, 15) is 14.7 Å². The van der Waals surface area contributed by atoms with Crippen LogP contribution < -0.4 is 0 Å². The summed E-state index contributed by atoms with van der Waals surface area (Å²) in [7, 11) is 0. The highest BCUT2D eigenvalue weighted by molar-refractivity contribution is 6.30. The third-order valence-electron chi connectivity index (χ3n) is 4.21. The monoisotopic (exact) mass is 348 g/mol. The Bertz CT molecular complexity index is 744. The molecule has 126 valence electrons. The number of carboxylic acids is 1. The summed E-state index contributed by atoms with van der Waals surface area (Å²) in [6, 6.07) is 7.07. The molecule has 1 unspecified atom stereocenters. The lowest BCUT2D eigenvalue weighted by Crippen LogP contribution is -2.31. The molecule has 1 fully saturated rings. The van der Waals surface area contributed by atoms with Crippen molar-refractivity contribution in [2.45, 2.75) is 31.7 Å². The number of H-pyrrole nitrogens is 1. The van der Waals surface area contributed by atoms with Crippen molar-refractivity contribution < 1.29 is 14.7 Å². The topological polar surface area (TPSA) is 99.2 Å². The lowest BCUT2D eigenvalue weighted by Gasteiger charge is -2.23. The number of benzene rings is 1. The zero-order valence-corrected chi connectivity index (χ0v) is 13.7. The van der Waals surface area contributed by atoms with Crippen molar-refractivity contribution in [1.82, 2.24) is 20.3 Å². The summed E-state index contributed by atoms with van der Waals surface area (Å²) in [6.07, 6.45) is 2.49. The van der Waals surface area contributed by atoms with Crippen molar-refractivity contribution >= 4 is 23.5 Å². The number of aromatic amines is 1. The Morgan fingerprint density at radius 2 is 2.04 bits per heavy atom. The number of nitrogens with zero attached hydrogens (tertiary/aromatic N) is 3. The summed E-state index contributed by atoms with van der Waals surface area (Å²) in [5.41, 5.74) is 1.26. The normalized spacial score (nSPS) is 17.2. The third kappa shape index (κ3) is 3.41. The predicted molar refractivity (Wildman–Crippen MR) is 86.8 cm³/mol. The summed E-state index contributed by atoms with van der Waals surface area (Å²) in [5.74, 6) is -1.15. The van der Waals surface area contributed by atoms with Crippen LogP contribution in [-0.4, -0.2) is 43.8 Å². The van der Waals surface area contributed by atoms with Crippen molar-refractivity contribution in [1.29, 1.82) is 0 Å². The Morgan fingerprint density at radius 3 is 2.75 bits per heavy atom. The number of carboxylic acid groups (broad SMARTS) is 1. The number of carbonyl (C=O) groups excluding carboxylic acids is 1. The summed E-state index contributed by atoms with van der Waals surface area (Å²) in [4.78, 5) is 25.5. The van der Waals surface area contributed by atoms with Crippen LogP contribution >= 0.6 is 11.6 Å². The SMILES string of the molecule is O=C(O)c1n[nH]nc1C1CCCN1C(=O)CCc1ccc(Cl)cc1. The second-order valence-electron chi connectivity index (χ2n) is 5.73. The van der Waals surface area contributed by atoms with Crippen molar-refractivity contribution in [2.75, 3.05) is 6.54 Å². The maximum atomic E-state index is 12.6. The number of likely N-dealkylation sites (tertiary alicyclic amines) is 1. The number of hydrogen-bond donors (Lipinski definition) is 2. The number of rotatable bonds is 5. The molecule has 7 nitrogen and oxygen atoms in total. The molecule has 1 aromatic heterocycles. The lowest BCUT2D eigenvalue weighted by molar-refractivity contribution is -0.132. The van der Waals surface area contributed by atoms with Gasteiger partial charge in [-0.3, -0.25) is 4.79 Å². The quantitative estimate of drug-likeness (QED) is 0.864. The summed E-state index contributed by atoms with van der Waals surface area (Å²) >= 11 is 5.86. The van der Waals surface area contributed by atoms with E-state index >= 15 is 0 Å². The van der Waals surface area contributed by atoms with Crippen LogP contribution in [0.4, 0.5) is 0 Å². The van der Waals surface area contributed by atoms with Crippen LogP contribution in [0.15, 0.2) is 24.3 Å². The number of aryl methyl sites for hydroxylation is 1. The summed E-state index contributed by atoms with van der Waals surface area (Å²) < 4.78 is 0. The van der Waals surface area contributed by atoms with Gasteiger partial charge in [0.1, 0.15) is 5.69 Å². The van der Waals surface area contributed by atoms with Gasteiger partial charge in [0.15, 0.2) is 5.69 Å². The molecule has 1 saturated heterocycles. The third-order valence-corrected chi connectivity index (χ3v) is 4.46. The second-order valence-corrected chi connectivity index (χ2v) is 6.17. The molecule has 1 amide bonds. The molecule has 2 heterocycles. The first-order valence-electron chi connectivity index (χ1n) is 7.74. The van der Waals surface area contributed by atoms with E-state index in [0.717, 1.165) is 12.0 Å². The maximum Gasteiger partial charge on any atom is 0.358 e. The van der Waals surface area contributed by atoms with Crippen LogP contribution in [0.3, 0.4) is 0 Å². The van der Waals surface area contributed by atoms with E-state index in [1.165, 1.54) is 0 Å². The van der Waals surface area contributed by atoms with Gasteiger partial charge in [0.05, 0.1) is 6.04 Å². The molecule has 8 heteroatoms. The molecule has 0 radical (unpaired) electrons. The van der Waals surface area contributed by atoms with E-state index < -0.39 is 5.97 Å². The maximum absolute atomic E-state index is 12.6. The van der Waals surface area contributed by atoms with E-state index in [1.54, 1.807) is 17.0 Å². The molecule has 0 aliphatic carbocycles. The standard InChI is InChI=1S/C16H17ClN4O3/c17-11-6-3-10(4-7-11)5-8-13(22)21-9-1-2-12(21)14-15(16(23)24)19-20-18-14/h3-4,6-7,12H,1-2,5,8-9H2,(H,23,24)(H,18,19,20). The highest BCUT2D eigenvalue weighted by Gasteiger charge is 2.34. The van der Waals surface area contributed by atoms with E-state index in [1.807, 2.05) is 12.1 Å². The number of amides is 1. The number of carbonyl (C=O) groups is 2. The van der Waals surface area contributed by atoms with Crippen LogP contribution in [0.2, 0.25) is 5.02 Å². The van der Waals surface area contributed by atoms with Crippen molar-refractivity contribution in [3.63, 3.8) is 0 Å². The van der Waals surface area contributed by atoms with E-state index in [0.29, 0.717) is 36.5 Å². The first-order chi connectivity index (χ1) is 11.6. The van der Waals surface area contributed by atoms with Crippen LogP contribution in [0.5, 0.6) is 0 Å². The van der Waals surface area contributed by atoms with Crippen LogP contribution in [0.1, 0.15) is 47.1 Å². The molecule has 1 aliphatic heterocycles. The molecule has 1 aliphatic rings. The van der Waals surface area contributed by atoms with E-state index in [2.05, 4.69) is 15.4 Å². The van der Waals surface area contributed by atoms with Crippen molar-refractivity contribution in [3.8, 4) is 0 Å². The Morgan fingerprint density at radius 1 is 1.29 bits per heavy atom. The molecule has 1 atom stereocenters. The number of nitrogens with one attached hydrogen (secondary N) is 1. The molecule has 0 bridgehead atoms. The van der Waals surface area contributed by atoms with Gasteiger partial charge in [-0.15, -0.1) is 5.10 Å². The number of aromatic carboxylic acids is 1. The van der Waals surface area contributed by atoms with Gasteiger partial charge in [-0.25, -0.2) is 4.79 Å². The fourth-order valence-corrected chi connectivity index (χ4v) is 3.15. The Hall–Kier alpha value is -2.41. The fourth-order valence-electron chi connectivity index (χ4n) is 3.02. The summed E-state index contributed by atoms with van der Waals surface area (Å²) in [5, 5.41) is 19.8. The number of hydrogen-bond acceptors (Lipinski definition) is 4. The molecule has 2 N–H and O–H groups in total. The fraction of sp³-hybridized carbons (Fsp3) is 0.375. The number of halogens is 1. The Balaban J connectivity index is 1.68. The number of aromatic nitrogens is 3. The Kier molecular flexibility index (Phi) is 4.80.